The van der Waals surface area contributed by atoms with E-state index < -0.39 is 0 Å². The molecule has 0 unspecified atom stereocenters. The number of benzene rings is 5. The van der Waals surface area contributed by atoms with Crippen LogP contribution in [0.1, 0.15) is 0 Å². The summed E-state index contributed by atoms with van der Waals surface area (Å²) in [6.45, 7) is 0. The van der Waals surface area contributed by atoms with Gasteiger partial charge in [-0.3, -0.25) is 4.98 Å². The van der Waals surface area contributed by atoms with E-state index in [1.807, 2.05) is 54.6 Å². The van der Waals surface area contributed by atoms with Crippen molar-refractivity contribution in [3.63, 3.8) is 0 Å². The molecule has 4 heteroatoms. The molecule has 0 atom stereocenters. The molecule has 0 spiro atoms. The van der Waals surface area contributed by atoms with Gasteiger partial charge in [0.1, 0.15) is 0 Å². The molecule has 3 heterocycles. The summed E-state index contributed by atoms with van der Waals surface area (Å²) in [5.74, 6) is 0. The zero-order chi connectivity index (χ0) is 24.6. The molecular weight excluding hydrogens is 643 g/mol. The van der Waals surface area contributed by atoms with E-state index in [4.69, 9.17) is 4.98 Å². The maximum atomic E-state index is 4.97. The van der Waals surface area contributed by atoms with Crippen LogP contribution in [0.4, 0.5) is 0 Å². The minimum Gasteiger partial charge on any atom is -0.333 e. The van der Waals surface area contributed by atoms with E-state index in [2.05, 4.69) is 88.2 Å². The number of nitrogens with zero attached hydrogens (tertiary/aromatic N) is 3. The van der Waals surface area contributed by atoms with Crippen LogP contribution in [-0.4, -0.2) is 14.4 Å². The van der Waals surface area contributed by atoms with Gasteiger partial charge < -0.3 is 9.38 Å². The van der Waals surface area contributed by atoms with E-state index in [0.717, 1.165) is 33.3 Å². The van der Waals surface area contributed by atoms with Gasteiger partial charge in [-0.2, -0.15) is 0 Å². The molecule has 0 aliphatic carbocycles. The molecule has 0 saturated heterocycles. The monoisotopic (exact) mass is 664 g/mol. The van der Waals surface area contributed by atoms with Gasteiger partial charge >= 0.3 is 0 Å². The molecule has 0 bridgehead atoms. The second kappa shape index (κ2) is 10.2. The summed E-state index contributed by atoms with van der Waals surface area (Å²) in [4.78, 5) is 9.19. The molecular formula is C34H21IrN3-2. The van der Waals surface area contributed by atoms with Gasteiger partial charge in [0.15, 0.2) is 0 Å². The van der Waals surface area contributed by atoms with E-state index in [1.165, 1.54) is 27.1 Å². The number of imidazole rings is 1. The first-order chi connectivity index (χ1) is 18.4. The fraction of sp³-hybridized carbons (Fsp3) is 0. The van der Waals surface area contributed by atoms with Crippen molar-refractivity contribution in [1.82, 2.24) is 14.4 Å². The Hall–Kier alpha value is -4.37. The first-order valence-electron chi connectivity index (χ1n) is 12.3. The third-order valence-corrected chi connectivity index (χ3v) is 6.71. The normalized spacial score (nSPS) is 10.9. The molecule has 5 aromatic carbocycles. The van der Waals surface area contributed by atoms with E-state index in [0.29, 0.717) is 0 Å². The number of para-hydroxylation sites is 3. The summed E-state index contributed by atoms with van der Waals surface area (Å²) < 4.78 is 2.27. The van der Waals surface area contributed by atoms with Crippen molar-refractivity contribution in [1.29, 1.82) is 0 Å². The van der Waals surface area contributed by atoms with Crippen LogP contribution in [0.25, 0.3) is 60.4 Å². The molecule has 38 heavy (non-hydrogen) atoms. The largest absolute Gasteiger partial charge is 0.333 e. The summed E-state index contributed by atoms with van der Waals surface area (Å²) in [6.07, 6.45) is 1.79. The quantitative estimate of drug-likeness (QED) is 0.166. The van der Waals surface area contributed by atoms with Crippen molar-refractivity contribution in [3.05, 3.63) is 140 Å². The molecule has 0 aliphatic rings. The van der Waals surface area contributed by atoms with Gasteiger partial charge in [0.05, 0.1) is 16.7 Å². The second-order valence-corrected chi connectivity index (χ2v) is 8.89. The third kappa shape index (κ3) is 4.05. The molecule has 8 aromatic rings. The van der Waals surface area contributed by atoms with Crippen molar-refractivity contribution < 1.29 is 20.1 Å². The number of pyridine rings is 1. The Labute approximate surface area is 233 Å². The fourth-order valence-corrected chi connectivity index (χ4v) is 5.08. The van der Waals surface area contributed by atoms with Gasteiger partial charge in [-0.15, -0.1) is 59.5 Å². The molecule has 3 nitrogen and oxygen atoms in total. The summed E-state index contributed by atoms with van der Waals surface area (Å²) in [7, 11) is 0. The minimum absolute atomic E-state index is 0. The van der Waals surface area contributed by atoms with Crippen molar-refractivity contribution in [2.45, 2.75) is 0 Å². The van der Waals surface area contributed by atoms with Gasteiger partial charge in [-0.05, 0) is 35.3 Å². The molecule has 183 valence electrons. The molecule has 1 radical (unpaired) electrons. The van der Waals surface area contributed by atoms with Crippen LogP contribution in [0.3, 0.4) is 0 Å². The summed E-state index contributed by atoms with van der Waals surface area (Å²) in [5, 5.41) is 6.00. The first kappa shape index (κ1) is 24.0. The Balaban J connectivity index is 0.000000172. The standard InChI is InChI=1S/C23H13N2.C11H8N.Ir/c1-3-13-20-16(9-1)17-10-5-7-15-8-6-11-18(22(15)17)23-24-19-12-2-4-14-21(19)25(20)23;1-2-6-10(7-3-1)11-8-4-5-9-12-11;/h1-10,12-14H;1-6,8-9H;/q2*-1;. The van der Waals surface area contributed by atoms with Crippen molar-refractivity contribution >= 4 is 49.1 Å². The van der Waals surface area contributed by atoms with E-state index in [1.54, 1.807) is 6.20 Å². The van der Waals surface area contributed by atoms with Crippen molar-refractivity contribution in [2.75, 3.05) is 0 Å². The number of rotatable bonds is 1. The molecule has 0 fully saturated rings. The Kier molecular flexibility index (Phi) is 6.43. The average Bonchev–Trinajstić information content (AvgIpc) is 3.32. The van der Waals surface area contributed by atoms with Crippen LogP contribution < -0.4 is 0 Å². The van der Waals surface area contributed by atoms with Gasteiger partial charge in [-0.25, -0.2) is 0 Å². The minimum atomic E-state index is 0. The number of fused-ring (bicyclic) bond motifs is 7. The maximum Gasteiger partial charge on any atom is 0.0774 e. The van der Waals surface area contributed by atoms with Crippen molar-refractivity contribution in [2.24, 2.45) is 0 Å². The van der Waals surface area contributed by atoms with Crippen LogP contribution in [0.5, 0.6) is 0 Å². The van der Waals surface area contributed by atoms with Gasteiger partial charge in [0.2, 0.25) is 0 Å². The molecule has 0 amide bonds. The van der Waals surface area contributed by atoms with Crippen LogP contribution in [-0.2, 0) is 20.1 Å². The Morgan fingerprint density at radius 2 is 1.39 bits per heavy atom. The third-order valence-electron chi connectivity index (χ3n) is 6.71. The smallest absolute Gasteiger partial charge is 0.0774 e. The predicted octanol–water partition coefficient (Wildman–Crippen LogP) is 8.29. The molecule has 0 aliphatic heterocycles. The fourth-order valence-electron chi connectivity index (χ4n) is 5.08. The zero-order valence-corrected chi connectivity index (χ0v) is 22.7. The topological polar surface area (TPSA) is 30.2 Å². The molecule has 3 aromatic heterocycles. The zero-order valence-electron chi connectivity index (χ0n) is 20.3. The van der Waals surface area contributed by atoms with E-state index in [-0.39, 0.29) is 20.1 Å². The second-order valence-electron chi connectivity index (χ2n) is 8.89. The summed E-state index contributed by atoms with van der Waals surface area (Å²) in [5.41, 5.74) is 6.28. The van der Waals surface area contributed by atoms with E-state index >= 15 is 0 Å². The van der Waals surface area contributed by atoms with Crippen LogP contribution in [0, 0.1) is 12.1 Å². The summed E-state index contributed by atoms with van der Waals surface area (Å²) in [6, 6.07) is 47.8. The number of hydrogen-bond acceptors (Lipinski definition) is 2. The molecule has 0 N–H and O–H groups in total. The van der Waals surface area contributed by atoms with Gasteiger partial charge in [0.25, 0.3) is 0 Å². The van der Waals surface area contributed by atoms with Gasteiger partial charge in [0, 0.05) is 31.8 Å². The van der Waals surface area contributed by atoms with E-state index in [9.17, 15) is 0 Å². The van der Waals surface area contributed by atoms with Crippen LogP contribution >= 0.6 is 0 Å². The Morgan fingerprint density at radius 3 is 2.24 bits per heavy atom. The van der Waals surface area contributed by atoms with Crippen LogP contribution in [0.15, 0.2) is 128 Å². The molecule has 0 saturated carbocycles. The number of hydrogen-bond donors (Lipinski definition) is 0. The maximum absolute atomic E-state index is 4.97. The van der Waals surface area contributed by atoms with Crippen LogP contribution in [0.2, 0.25) is 0 Å². The predicted molar refractivity (Wildman–Crippen MR) is 153 cm³/mol. The van der Waals surface area contributed by atoms with Crippen molar-refractivity contribution in [3.8, 4) is 11.3 Å². The Morgan fingerprint density at radius 1 is 0.605 bits per heavy atom. The summed E-state index contributed by atoms with van der Waals surface area (Å²) >= 11 is 0. The average molecular weight is 664 g/mol. The SMILES string of the molecule is [Ir].[c-]1ccc2cccc3c4ccccc4n4c5ccccc5nc4c1c23.[c-]1ccccc1-c1ccccn1. The Bertz CT molecular complexity index is 1990. The van der Waals surface area contributed by atoms with Gasteiger partial charge in [-0.1, -0.05) is 76.8 Å². The molecule has 8 rings (SSSR count). The first-order valence-corrected chi connectivity index (χ1v) is 12.3. The number of aromatic nitrogens is 3.